The Balaban J connectivity index is 2.70. The van der Waals surface area contributed by atoms with Crippen molar-refractivity contribution in [2.24, 2.45) is 0 Å². The Hall–Kier alpha value is -1.86. The largest absolute Gasteiger partial charge is 0.321 e. The van der Waals surface area contributed by atoms with E-state index in [0.29, 0.717) is 11.3 Å². The molecule has 12 heavy (non-hydrogen) atoms. The molecule has 0 radical (unpaired) electrons. The minimum Gasteiger partial charge on any atom is -0.321 e. The predicted molar refractivity (Wildman–Crippen MR) is 44.2 cm³/mol. The number of rotatable bonds is 0. The number of nitrogens with one attached hydrogen (secondary N) is 1. The Bertz CT molecular complexity index is 403. The number of benzene rings is 1. The molecule has 1 heterocycles. The van der Waals surface area contributed by atoms with Crippen LogP contribution in [0.4, 0.5) is 5.69 Å². The van der Waals surface area contributed by atoms with Crippen molar-refractivity contribution >= 4 is 23.1 Å². The molecule has 3 nitrogen and oxygen atoms in total. The van der Waals surface area contributed by atoms with E-state index < -0.39 is 0 Å². The van der Waals surface area contributed by atoms with Gasteiger partial charge in [0.2, 0.25) is 0 Å². The number of anilines is 1. The van der Waals surface area contributed by atoms with Crippen LogP contribution in [0.25, 0.3) is 5.57 Å². The Morgan fingerprint density at radius 3 is 2.75 bits per heavy atom. The third kappa shape index (κ3) is 0.775. The molecule has 3 heteroatoms. The molecule has 58 valence electrons. The van der Waals surface area contributed by atoms with Gasteiger partial charge in [-0.3, -0.25) is 4.79 Å². The van der Waals surface area contributed by atoms with Crippen molar-refractivity contribution in [2.75, 3.05) is 5.32 Å². The minimum atomic E-state index is -0.369. The summed E-state index contributed by atoms with van der Waals surface area (Å²) in [6.07, 6.45) is 0. The molecule has 0 saturated heterocycles. The van der Waals surface area contributed by atoms with Crippen LogP contribution < -0.4 is 5.32 Å². The second-order valence-electron chi connectivity index (χ2n) is 2.48. The van der Waals surface area contributed by atoms with Gasteiger partial charge < -0.3 is 5.32 Å². The second-order valence-corrected chi connectivity index (χ2v) is 2.48. The van der Waals surface area contributed by atoms with E-state index in [1.54, 1.807) is 30.2 Å². The van der Waals surface area contributed by atoms with E-state index in [-0.39, 0.29) is 11.5 Å². The highest BCUT2D eigenvalue weighted by atomic mass is 16.2. The summed E-state index contributed by atoms with van der Waals surface area (Å²) in [5.41, 5.74) is 1.41. The second kappa shape index (κ2) is 2.32. The van der Waals surface area contributed by atoms with Gasteiger partial charge in [-0.2, -0.15) is 0 Å². The zero-order chi connectivity index (χ0) is 8.55. The molecule has 1 aromatic rings. The topological polar surface area (TPSA) is 46.2 Å². The average Bonchev–Trinajstić information content (AvgIpc) is 2.40. The smallest absolute Gasteiger partial charge is 0.267 e. The number of carbonyl (C=O) groups excluding carboxylic acids is 2. The monoisotopic (exact) mass is 159 g/mol. The van der Waals surface area contributed by atoms with Crippen LogP contribution in [-0.4, -0.2) is 11.8 Å². The molecule has 2 rings (SSSR count). The van der Waals surface area contributed by atoms with Gasteiger partial charge in [-0.25, -0.2) is 4.79 Å². The lowest BCUT2D eigenvalue weighted by atomic mass is 10.1. The normalized spacial score (nSPS) is 13.7. The molecule has 0 fully saturated rings. The molecule has 0 bridgehead atoms. The zero-order valence-electron chi connectivity index (χ0n) is 6.13. The maximum Gasteiger partial charge on any atom is 0.267 e. The van der Waals surface area contributed by atoms with E-state index in [4.69, 9.17) is 0 Å². The van der Waals surface area contributed by atoms with Gasteiger partial charge in [0.05, 0.1) is 0 Å². The van der Waals surface area contributed by atoms with Gasteiger partial charge in [-0.1, -0.05) is 18.2 Å². The standard InChI is InChI=1S/C9H5NO2/c11-5-7-6-3-1-2-4-8(6)10-9(7)12/h1-4H,(H,10,12). The molecule has 0 aliphatic carbocycles. The summed E-state index contributed by atoms with van der Waals surface area (Å²) in [4.78, 5) is 21.4. The minimum absolute atomic E-state index is 0.0885. The highest BCUT2D eigenvalue weighted by Crippen LogP contribution is 2.28. The Morgan fingerprint density at radius 2 is 2.00 bits per heavy atom. The van der Waals surface area contributed by atoms with Gasteiger partial charge >= 0.3 is 0 Å². The Morgan fingerprint density at radius 1 is 1.25 bits per heavy atom. The van der Waals surface area contributed by atoms with Crippen LogP contribution in [0.3, 0.4) is 0 Å². The molecule has 1 aliphatic heterocycles. The molecule has 1 N–H and O–H groups in total. The summed E-state index contributed by atoms with van der Waals surface area (Å²) >= 11 is 0. The summed E-state index contributed by atoms with van der Waals surface area (Å²) < 4.78 is 0. The number of amides is 1. The number of hydrogen-bond acceptors (Lipinski definition) is 2. The lowest BCUT2D eigenvalue weighted by Crippen LogP contribution is -2.03. The van der Waals surface area contributed by atoms with Gasteiger partial charge in [-0.05, 0) is 6.07 Å². The summed E-state index contributed by atoms with van der Waals surface area (Å²) in [7, 11) is 0. The van der Waals surface area contributed by atoms with Crippen LogP contribution in [0.15, 0.2) is 24.3 Å². The average molecular weight is 159 g/mol. The molecular weight excluding hydrogens is 154 g/mol. The number of fused-ring (bicyclic) bond motifs is 1. The van der Waals surface area contributed by atoms with E-state index in [1.165, 1.54) is 0 Å². The van der Waals surface area contributed by atoms with Crippen molar-refractivity contribution in [3.05, 3.63) is 29.8 Å². The first-order chi connectivity index (χ1) is 5.83. The maximum absolute atomic E-state index is 11.1. The zero-order valence-corrected chi connectivity index (χ0v) is 6.13. The van der Waals surface area contributed by atoms with Crippen molar-refractivity contribution in [1.29, 1.82) is 0 Å². The van der Waals surface area contributed by atoms with E-state index in [0.717, 1.165) is 0 Å². The van der Waals surface area contributed by atoms with Crippen LogP contribution in [-0.2, 0) is 9.59 Å². The van der Waals surface area contributed by atoms with Crippen LogP contribution in [0, 0.1) is 0 Å². The predicted octanol–water partition coefficient (Wildman–Crippen LogP) is 0.854. The van der Waals surface area contributed by atoms with Crippen molar-refractivity contribution < 1.29 is 9.59 Å². The van der Waals surface area contributed by atoms with Gasteiger partial charge in [0.25, 0.3) is 5.91 Å². The number of hydrogen-bond donors (Lipinski definition) is 1. The molecule has 1 amide bonds. The highest BCUT2D eigenvalue weighted by molar-refractivity contribution is 6.37. The van der Waals surface area contributed by atoms with Crippen molar-refractivity contribution in [3.8, 4) is 0 Å². The SMILES string of the molecule is O=C=C1C(=O)Nc2ccccc21. The molecular formula is C9H5NO2. The van der Waals surface area contributed by atoms with Crippen LogP contribution in [0.5, 0.6) is 0 Å². The van der Waals surface area contributed by atoms with Crippen molar-refractivity contribution in [2.45, 2.75) is 0 Å². The third-order valence-electron chi connectivity index (χ3n) is 1.77. The fraction of sp³-hybridized carbons (Fsp3) is 0. The van der Waals surface area contributed by atoms with Gasteiger partial charge in [0.1, 0.15) is 11.5 Å². The van der Waals surface area contributed by atoms with Gasteiger partial charge in [0.15, 0.2) is 0 Å². The summed E-state index contributed by atoms with van der Waals surface area (Å²) in [5.74, 6) is 1.26. The molecule has 0 unspecified atom stereocenters. The Kier molecular flexibility index (Phi) is 1.32. The fourth-order valence-electron chi connectivity index (χ4n) is 1.22. The van der Waals surface area contributed by atoms with E-state index in [2.05, 4.69) is 5.32 Å². The van der Waals surface area contributed by atoms with Gasteiger partial charge in [0, 0.05) is 11.3 Å². The van der Waals surface area contributed by atoms with E-state index in [9.17, 15) is 9.59 Å². The summed E-state index contributed by atoms with van der Waals surface area (Å²) in [6, 6.07) is 7.04. The van der Waals surface area contributed by atoms with Crippen LogP contribution in [0.2, 0.25) is 0 Å². The maximum atomic E-state index is 11.1. The highest BCUT2D eigenvalue weighted by Gasteiger charge is 2.24. The van der Waals surface area contributed by atoms with E-state index in [1.807, 2.05) is 0 Å². The molecule has 1 aliphatic rings. The van der Waals surface area contributed by atoms with Crippen molar-refractivity contribution in [3.63, 3.8) is 0 Å². The summed E-state index contributed by atoms with van der Waals surface area (Å²) in [6.45, 7) is 0. The first-order valence-corrected chi connectivity index (χ1v) is 3.49. The Labute approximate surface area is 68.7 Å². The fourth-order valence-corrected chi connectivity index (χ4v) is 1.22. The lowest BCUT2D eigenvalue weighted by molar-refractivity contribution is -0.110. The quantitative estimate of drug-likeness (QED) is 0.450. The number of carbonyl (C=O) groups is 1. The number of para-hydroxylation sites is 1. The first-order valence-electron chi connectivity index (χ1n) is 3.49. The molecule has 0 aromatic heterocycles. The van der Waals surface area contributed by atoms with Crippen LogP contribution >= 0.6 is 0 Å². The molecule has 1 aromatic carbocycles. The molecule has 0 saturated carbocycles. The lowest BCUT2D eigenvalue weighted by Gasteiger charge is -1.92. The van der Waals surface area contributed by atoms with Gasteiger partial charge in [-0.15, -0.1) is 0 Å². The molecule has 0 atom stereocenters. The molecule has 0 spiro atoms. The van der Waals surface area contributed by atoms with E-state index >= 15 is 0 Å². The third-order valence-corrected chi connectivity index (χ3v) is 1.77. The summed E-state index contributed by atoms with van der Waals surface area (Å²) in [5, 5.41) is 2.56. The van der Waals surface area contributed by atoms with Crippen LogP contribution in [0.1, 0.15) is 5.56 Å². The first kappa shape index (κ1) is 6.83. The van der Waals surface area contributed by atoms with Crippen molar-refractivity contribution in [1.82, 2.24) is 0 Å².